The van der Waals surface area contributed by atoms with Gasteiger partial charge >= 0.3 is 0 Å². The quantitative estimate of drug-likeness (QED) is 0.851. The maximum atomic E-state index is 13.3. The lowest BCUT2D eigenvalue weighted by molar-refractivity contribution is 0.151. The van der Waals surface area contributed by atoms with Crippen LogP contribution in [0.5, 0.6) is 0 Å². The van der Waals surface area contributed by atoms with Gasteiger partial charge in [0.25, 0.3) is 5.56 Å². The summed E-state index contributed by atoms with van der Waals surface area (Å²) in [6.45, 7) is 6.66. The van der Waals surface area contributed by atoms with Crippen molar-refractivity contribution in [2.45, 2.75) is 64.5 Å². The van der Waals surface area contributed by atoms with Crippen LogP contribution in [0.25, 0.3) is 11.0 Å². The summed E-state index contributed by atoms with van der Waals surface area (Å²) < 4.78 is 3.99. The van der Waals surface area contributed by atoms with Gasteiger partial charge in [0, 0.05) is 43.2 Å². The third kappa shape index (κ3) is 2.41. The van der Waals surface area contributed by atoms with E-state index in [0.29, 0.717) is 12.1 Å². The normalized spacial score (nSPS) is 20.0. The van der Waals surface area contributed by atoms with Crippen LogP contribution in [0.4, 0.5) is 0 Å². The third-order valence-electron chi connectivity index (χ3n) is 6.00. The second-order valence-electron chi connectivity index (χ2n) is 7.71. The molecule has 2 aromatic rings. The van der Waals surface area contributed by atoms with E-state index in [1.165, 1.54) is 17.4 Å². The fourth-order valence-electron chi connectivity index (χ4n) is 4.61. The number of aryl methyl sites for hydroxylation is 2. The number of likely N-dealkylation sites (tertiary alicyclic amines) is 1. The highest BCUT2D eigenvalue weighted by Gasteiger charge is 2.28. The summed E-state index contributed by atoms with van der Waals surface area (Å²) in [4.78, 5) is 15.8. The Labute approximate surface area is 143 Å². The number of piperidine rings is 1. The molecule has 0 unspecified atom stereocenters. The van der Waals surface area contributed by atoms with Crippen LogP contribution in [0.15, 0.2) is 11.0 Å². The van der Waals surface area contributed by atoms with Crippen LogP contribution in [0.3, 0.4) is 0 Å². The molecule has 1 fully saturated rings. The Morgan fingerprint density at radius 1 is 1.12 bits per heavy atom. The van der Waals surface area contributed by atoms with Crippen molar-refractivity contribution in [1.29, 1.82) is 0 Å². The van der Waals surface area contributed by atoms with Gasteiger partial charge in [0.2, 0.25) is 0 Å². The number of rotatable bonds is 2. The molecule has 0 N–H and O–H groups in total. The van der Waals surface area contributed by atoms with Crippen LogP contribution < -0.4 is 5.56 Å². The zero-order chi connectivity index (χ0) is 16.8. The molecule has 0 aromatic carbocycles. The first-order valence-corrected chi connectivity index (χ1v) is 9.40. The average molecular weight is 328 g/mol. The Morgan fingerprint density at radius 3 is 2.46 bits per heavy atom. The number of pyridine rings is 1. The molecule has 5 heteroatoms. The second kappa shape index (κ2) is 6.03. The molecule has 0 atom stereocenters. The summed E-state index contributed by atoms with van der Waals surface area (Å²) in [5.74, 6) is 0. The molecule has 1 aliphatic carbocycles. The lowest BCUT2D eigenvalue weighted by Gasteiger charge is -2.36. The van der Waals surface area contributed by atoms with E-state index in [0.717, 1.165) is 56.4 Å². The fraction of sp³-hybridized carbons (Fsp3) is 0.684. The largest absolute Gasteiger partial charge is 0.301 e. The SMILES string of the molecule is CC(C)N1CCC(n2c(=O)c3c(c4cnn(C)c42)CCCC3)CC1. The van der Waals surface area contributed by atoms with Crippen LogP contribution in [0.2, 0.25) is 0 Å². The van der Waals surface area contributed by atoms with Gasteiger partial charge in [-0.25, -0.2) is 0 Å². The molecule has 2 aromatic heterocycles. The van der Waals surface area contributed by atoms with Gasteiger partial charge in [-0.05, 0) is 57.9 Å². The van der Waals surface area contributed by atoms with Crippen LogP contribution >= 0.6 is 0 Å². The van der Waals surface area contributed by atoms with Crippen LogP contribution in [0.1, 0.15) is 56.7 Å². The van der Waals surface area contributed by atoms with E-state index in [2.05, 4.69) is 28.4 Å². The summed E-state index contributed by atoms with van der Waals surface area (Å²) in [6.07, 6.45) is 8.36. The number of nitrogens with zero attached hydrogens (tertiary/aromatic N) is 4. The lowest BCUT2D eigenvalue weighted by atomic mass is 9.90. The number of hydrogen-bond acceptors (Lipinski definition) is 3. The zero-order valence-corrected chi connectivity index (χ0v) is 15.1. The molecule has 0 spiro atoms. The van der Waals surface area contributed by atoms with E-state index in [4.69, 9.17) is 0 Å². The molecule has 130 valence electrons. The Bertz CT molecular complexity index is 809. The third-order valence-corrected chi connectivity index (χ3v) is 6.00. The fourth-order valence-corrected chi connectivity index (χ4v) is 4.61. The molecule has 0 saturated carbocycles. The summed E-state index contributed by atoms with van der Waals surface area (Å²) in [7, 11) is 1.97. The Balaban J connectivity index is 1.82. The van der Waals surface area contributed by atoms with E-state index in [1.807, 2.05) is 17.9 Å². The van der Waals surface area contributed by atoms with Gasteiger partial charge in [-0.1, -0.05) is 0 Å². The van der Waals surface area contributed by atoms with Crippen molar-refractivity contribution in [1.82, 2.24) is 19.2 Å². The van der Waals surface area contributed by atoms with Gasteiger partial charge < -0.3 is 4.90 Å². The van der Waals surface area contributed by atoms with Crippen LogP contribution in [-0.4, -0.2) is 38.4 Å². The van der Waals surface area contributed by atoms with Gasteiger partial charge in [0.15, 0.2) is 0 Å². The van der Waals surface area contributed by atoms with Crippen molar-refractivity contribution in [3.05, 3.63) is 27.7 Å². The number of aromatic nitrogens is 3. The number of hydrogen-bond donors (Lipinski definition) is 0. The van der Waals surface area contributed by atoms with Gasteiger partial charge in [-0.3, -0.25) is 14.0 Å². The lowest BCUT2D eigenvalue weighted by Crippen LogP contribution is -2.42. The van der Waals surface area contributed by atoms with Crippen LogP contribution in [0, 0.1) is 0 Å². The predicted molar refractivity (Wildman–Crippen MR) is 96.6 cm³/mol. The van der Waals surface area contributed by atoms with E-state index >= 15 is 0 Å². The molecule has 1 saturated heterocycles. The molecule has 1 aliphatic heterocycles. The monoisotopic (exact) mass is 328 g/mol. The summed E-state index contributed by atoms with van der Waals surface area (Å²) in [5, 5.41) is 5.70. The molecule has 24 heavy (non-hydrogen) atoms. The zero-order valence-electron chi connectivity index (χ0n) is 15.1. The Kier molecular flexibility index (Phi) is 3.99. The standard InChI is InChI=1S/C19H28N4O/c1-13(2)22-10-8-14(9-11-22)23-18-17(12-20-21(18)3)15-6-4-5-7-16(15)19(23)24/h12-14H,4-11H2,1-3H3. The predicted octanol–water partition coefficient (Wildman–Crippen LogP) is 2.66. The van der Waals surface area contributed by atoms with Gasteiger partial charge in [0.05, 0.1) is 6.20 Å². The summed E-state index contributed by atoms with van der Waals surface area (Å²) in [5.41, 5.74) is 3.62. The smallest absolute Gasteiger partial charge is 0.255 e. The Morgan fingerprint density at radius 2 is 1.79 bits per heavy atom. The first-order chi connectivity index (χ1) is 11.6. The van der Waals surface area contributed by atoms with Gasteiger partial charge in [0.1, 0.15) is 5.65 Å². The molecule has 5 nitrogen and oxygen atoms in total. The molecule has 0 bridgehead atoms. The van der Waals surface area contributed by atoms with Crippen LogP contribution in [-0.2, 0) is 19.9 Å². The molecule has 3 heterocycles. The molecule has 2 aliphatic rings. The van der Waals surface area contributed by atoms with Crippen molar-refractivity contribution < 1.29 is 0 Å². The van der Waals surface area contributed by atoms with Crippen molar-refractivity contribution >= 4 is 11.0 Å². The van der Waals surface area contributed by atoms with Gasteiger partial charge in [-0.2, -0.15) is 5.10 Å². The highest BCUT2D eigenvalue weighted by Crippen LogP contribution is 2.31. The topological polar surface area (TPSA) is 43.1 Å². The molecule has 4 rings (SSSR count). The first kappa shape index (κ1) is 15.9. The number of fused-ring (bicyclic) bond motifs is 3. The van der Waals surface area contributed by atoms with Gasteiger partial charge in [-0.15, -0.1) is 0 Å². The maximum Gasteiger partial charge on any atom is 0.255 e. The highest BCUT2D eigenvalue weighted by molar-refractivity contribution is 5.80. The summed E-state index contributed by atoms with van der Waals surface area (Å²) >= 11 is 0. The maximum absolute atomic E-state index is 13.3. The van der Waals surface area contributed by atoms with Crippen molar-refractivity contribution in [3.8, 4) is 0 Å². The first-order valence-electron chi connectivity index (χ1n) is 9.40. The second-order valence-corrected chi connectivity index (χ2v) is 7.71. The minimum atomic E-state index is 0.254. The van der Waals surface area contributed by atoms with Crippen molar-refractivity contribution in [2.75, 3.05) is 13.1 Å². The minimum absolute atomic E-state index is 0.254. The van der Waals surface area contributed by atoms with E-state index in [-0.39, 0.29) is 5.56 Å². The highest BCUT2D eigenvalue weighted by atomic mass is 16.1. The summed E-state index contributed by atoms with van der Waals surface area (Å²) in [6, 6.07) is 0.889. The van der Waals surface area contributed by atoms with Crippen molar-refractivity contribution in [3.63, 3.8) is 0 Å². The average Bonchev–Trinajstić information content (AvgIpc) is 2.98. The Hall–Kier alpha value is -1.62. The minimum Gasteiger partial charge on any atom is -0.301 e. The molecule has 0 amide bonds. The molecular formula is C19H28N4O. The molecular weight excluding hydrogens is 300 g/mol. The van der Waals surface area contributed by atoms with E-state index in [9.17, 15) is 4.79 Å². The molecule has 0 radical (unpaired) electrons. The van der Waals surface area contributed by atoms with Crippen molar-refractivity contribution in [2.24, 2.45) is 7.05 Å². The van der Waals surface area contributed by atoms with E-state index in [1.54, 1.807) is 0 Å². The van der Waals surface area contributed by atoms with E-state index < -0.39 is 0 Å².